The number of nitrogens with one attached hydrogen (secondary N) is 1. The lowest BCUT2D eigenvalue weighted by atomic mass is 9.97. The molecule has 0 heterocycles. The highest BCUT2D eigenvalue weighted by Gasteiger charge is 2.30. The zero-order valence-electron chi connectivity index (χ0n) is 12.4. The van der Waals surface area contributed by atoms with E-state index in [9.17, 15) is 13.2 Å². The second-order valence-electron chi connectivity index (χ2n) is 4.96. The van der Waals surface area contributed by atoms with Crippen molar-refractivity contribution in [2.24, 2.45) is 5.84 Å². The van der Waals surface area contributed by atoms with Gasteiger partial charge in [-0.15, -0.1) is 0 Å². The number of halogens is 3. The molecule has 0 saturated carbocycles. The molecule has 0 aliphatic heterocycles. The van der Waals surface area contributed by atoms with Crippen molar-refractivity contribution in [3.63, 3.8) is 0 Å². The summed E-state index contributed by atoms with van der Waals surface area (Å²) < 4.78 is 43.8. The van der Waals surface area contributed by atoms with Crippen LogP contribution < -0.4 is 11.3 Å². The van der Waals surface area contributed by atoms with E-state index in [-0.39, 0.29) is 12.1 Å². The minimum absolute atomic E-state index is 0.112. The Kier molecular flexibility index (Phi) is 7.14. The molecule has 0 aromatic heterocycles. The van der Waals surface area contributed by atoms with Gasteiger partial charge in [0, 0.05) is 6.61 Å². The van der Waals surface area contributed by atoms with E-state index in [4.69, 9.17) is 10.6 Å². The fraction of sp³-hybridized carbons (Fsp3) is 0.600. The maximum atomic E-state index is 12.7. The van der Waals surface area contributed by atoms with Crippen molar-refractivity contribution in [2.75, 3.05) is 6.61 Å². The third kappa shape index (κ3) is 5.65. The molecule has 0 bridgehead atoms. The van der Waals surface area contributed by atoms with Crippen LogP contribution in [0, 0.1) is 0 Å². The van der Waals surface area contributed by atoms with Crippen molar-refractivity contribution in [1.29, 1.82) is 0 Å². The van der Waals surface area contributed by atoms with Crippen LogP contribution in [0.5, 0.6) is 0 Å². The van der Waals surface area contributed by atoms with Crippen LogP contribution in [0.4, 0.5) is 13.2 Å². The third-order valence-electron chi connectivity index (χ3n) is 3.33. The molecule has 0 amide bonds. The van der Waals surface area contributed by atoms with E-state index in [0.29, 0.717) is 18.6 Å². The Bertz CT molecular complexity index is 418. The molecule has 21 heavy (non-hydrogen) atoms. The van der Waals surface area contributed by atoms with Crippen LogP contribution >= 0.6 is 0 Å². The smallest absolute Gasteiger partial charge is 0.377 e. The summed E-state index contributed by atoms with van der Waals surface area (Å²) in [6.45, 7) is 4.47. The van der Waals surface area contributed by atoms with E-state index in [1.165, 1.54) is 12.1 Å². The lowest BCUT2D eigenvalue weighted by Gasteiger charge is -2.26. The van der Waals surface area contributed by atoms with Gasteiger partial charge < -0.3 is 4.74 Å². The Morgan fingerprint density at radius 2 is 2.00 bits per heavy atom. The molecule has 3 N–H and O–H groups in total. The Hall–Kier alpha value is -1.11. The summed E-state index contributed by atoms with van der Waals surface area (Å²) in [7, 11) is 0. The lowest BCUT2D eigenvalue weighted by molar-refractivity contribution is -0.137. The number of hydrogen-bond donors (Lipinski definition) is 2. The minimum atomic E-state index is -4.33. The molecule has 2 unspecified atom stereocenters. The van der Waals surface area contributed by atoms with Gasteiger partial charge in [-0.25, -0.2) is 0 Å². The molecule has 6 heteroatoms. The fourth-order valence-electron chi connectivity index (χ4n) is 2.33. The molecule has 0 aliphatic carbocycles. The second kappa shape index (κ2) is 8.36. The predicted octanol–water partition coefficient (Wildman–Crippen LogP) is 3.29. The van der Waals surface area contributed by atoms with Crippen molar-refractivity contribution in [1.82, 2.24) is 5.43 Å². The van der Waals surface area contributed by atoms with Crippen molar-refractivity contribution >= 4 is 0 Å². The van der Waals surface area contributed by atoms with Gasteiger partial charge in [-0.3, -0.25) is 11.3 Å². The number of hydrazine groups is 1. The molecule has 0 fully saturated rings. The van der Waals surface area contributed by atoms with Crippen LogP contribution in [-0.2, 0) is 17.3 Å². The predicted molar refractivity (Wildman–Crippen MR) is 76.6 cm³/mol. The molecular weight excluding hydrogens is 281 g/mol. The minimum Gasteiger partial charge on any atom is -0.377 e. The summed E-state index contributed by atoms with van der Waals surface area (Å²) in [6, 6.07) is 5.11. The molecule has 120 valence electrons. The second-order valence-corrected chi connectivity index (χ2v) is 4.96. The van der Waals surface area contributed by atoms with Gasteiger partial charge in [-0.1, -0.05) is 31.5 Å². The molecule has 0 spiro atoms. The molecule has 2 atom stereocenters. The summed E-state index contributed by atoms with van der Waals surface area (Å²) >= 11 is 0. The van der Waals surface area contributed by atoms with Gasteiger partial charge in [0.15, 0.2) is 0 Å². The zero-order chi connectivity index (χ0) is 15.9. The van der Waals surface area contributed by atoms with E-state index in [2.05, 4.69) is 5.43 Å². The average molecular weight is 304 g/mol. The molecular formula is C15H23F3N2O. The van der Waals surface area contributed by atoms with Crippen LogP contribution in [0.2, 0.25) is 0 Å². The van der Waals surface area contributed by atoms with Gasteiger partial charge in [0.2, 0.25) is 0 Å². The SMILES string of the molecule is CCCC(OCC)C(Cc1cccc(C(F)(F)F)c1)NN. The number of alkyl halides is 3. The highest BCUT2D eigenvalue weighted by Crippen LogP contribution is 2.29. The van der Waals surface area contributed by atoms with E-state index >= 15 is 0 Å². The summed E-state index contributed by atoms with van der Waals surface area (Å²) in [5.74, 6) is 5.55. The van der Waals surface area contributed by atoms with Crippen molar-refractivity contribution in [3.8, 4) is 0 Å². The first-order chi connectivity index (χ1) is 9.92. The first kappa shape index (κ1) is 17.9. The number of hydrogen-bond acceptors (Lipinski definition) is 3. The molecule has 0 saturated heterocycles. The van der Waals surface area contributed by atoms with Crippen LogP contribution in [0.25, 0.3) is 0 Å². The highest BCUT2D eigenvalue weighted by atomic mass is 19.4. The number of rotatable bonds is 8. The van der Waals surface area contributed by atoms with E-state index in [1.54, 1.807) is 6.07 Å². The average Bonchev–Trinajstić information content (AvgIpc) is 2.44. The van der Waals surface area contributed by atoms with E-state index in [0.717, 1.165) is 18.9 Å². The molecule has 1 aromatic carbocycles. The molecule has 1 aromatic rings. The highest BCUT2D eigenvalue weighted by molar-refractivity contribution is 5.26. The Balaban J connectivity index is 2.85. The largest absolute Gasteiger partial charge is 0.416 e. The van der Waals surface area contributed by atoms with Crippen LogP contribution in [-0.4, -0.2) is 18.8 Å². The quantitative estimate of drug-likeness (QED) is 0.572. The van der Waals surface area contributed by atoms with Gasteiger partial charge in [0.05, 0.1) is 17.7 Å². The zero-order valence-corrected chi connectivity index (χ0v) is 12.4. The van der Waals surface area contributed by atoms with Gasteiger partial charge in [0.25, 0.3) is 0 Å². The van der Waals surface area contributed by atoms with Crippen LogP contribution in [0.3, 0.4) is 0 Å². The van der Waals surface area contributed by atoms with Gasteiger partial charge in [-0.2, -0.15) is 13.2 Å². The van der Waals surface area contributed by atoms with Crippen LogP contribution in [0.15, 0.2) is 24.3 Å². The molecule has 1 rings (SSSR count). The molecule has 0 aliphatic rings. The maximum Gasteiger partial charge on any atom is 0.416 e. The summed E-state index contributed by atoms with van der Waals surface area (Å²) in [4.78, 5) is 0. The fourth-order valence-corrected chi connectivity index (χ4v) is 2.33. The van der Waals surface area contributed by atoms with E-state index in [1.807, 2.05) is 13.8 Å². The normalized spacial score (nSPS) is 15.0. The Labute approximate surface area is 123 Å². The topological polar surface area (TPSA) is 47.3 Å². The summed E-state index contributed by atoms with van der Waals surface area (Å²) in [6.07, 6.45) is -2.32. The lowest BCUT2D eigenvalue weighted by Crippen LogP contribution is -2.46. The summed E-state index contributed by atoms with van der Waals surface area (Å²) in [5, 5.41) is 0. The van der Waals surface area contributed by atoms with Crippen molar-refractivity contribution in [3.05, 3.63) is 35.4 Å². The third-order valence-corrected chi connectivity index (χ3v) is 3.33. The summed E-state index contributed by atoms with van der Waals surface area (Å²) in [5.41, 5.74) is 2.62. The van der Waals surface area contributed by atoms with Crippen molar-refractivity contribution < 1.29 is 17.9 Å². The first-order valence-corrected chi connectivity index (χ1v) is 7.16. The van der Waals surface area contributed by atoms with Gasteiger partial charge in [0.1, 0.15) is 0 Å². The van der Waals surface area contributed by atoms with Gasteiger partial charge in [-0.05, 0) is 31.4 Å². The number of benzene rings is 1. The standard InChI is InChI=1S/C15H23F3N2O/c1-3-6-14(21-4-2)13(20-19)10-11-7-5-8-12(9-11)15(16,17)18/h5,7-9,13-14,20H,3-4,6,10,19H2,1-2H3. The number of nitrogens with two attached hydrogens (primary N) is 1. The monoisotopic (exact) mass is 304 g/mol. The van der Waals surface area contributed by atoms with Crippen molar-refractivity contribution in [2.45, 2.75) is 51.4 Å². The first-order valence-electron chi connectivity index (χ1n) is 7.16. The van der Waals surface area contributed by atoms with E-state index < -0.39 is 11.7 Å². The number of ether oxygens (including phenoxy) is 1. The Morgan fingerprint density at radius 3 is 2.52 bits per heavy atom. The maximum absolute atomic E-state index is 12.7. The van der Waals surface area contributed by atoms with Crippen LogP contribution in [0.1, 0.15) is 37.8 Å². The Morgan fingerprint density at radius 1 is 1.29 bits per heavy atom. The van der Waals surface area contributed by atoms with Gasteiger partial charge >= 0.3 is 6.18 Å². The molecule has 0 radical (unpaired) electrons. The molecule has 3 nitrogen and oxygen atoms in total.